The van der Waals surface area contributed by atoms with Crippen molar-refractivity contribution >= 4 is 5.91 Å². The zero-order valence-electron chi connectivity index (χ0n) is 13.5. The van der Waals surface area contributed by atoms with E-state index in [0.717, 1.165) is 29.0 Å². The third-order valence-corrected chi connectivity index (χ3v) is 4.75. The van der Waals surface area contributed by atoms with Crippen LogP contribution < -0.4 is 20.9 Å². The van der Waals surface area contributed by atoms with E-state index in [2.05, 4.69) is 28.1 Å². The van der Waals surface area contributed by atoms with Gasteiger partial charge >= 0.3 is 0 Å². The number of hydrogen-bond donors (Lipinski definition) is 3. The second kappa shape index (κ2) is 6.22. The Balaban J connectivity index is 1.50. The van der Waals surface area contributed by atoms with E-state index in [1.54, 1.807) is 6.20 Å². The van der Waals surface area contributed by atoms with Gasteiger partial charge in [-0.2, -0.15) is 0 Å². The molecule has 1 aromatic heterocycles. The van der Waals surface area contributed by atoms with Gasteiger partial charge < -0.3 is 10.1 Å². The highest BCUT2D eigenvalue weighted by atomic mass is 16.5. The Morgan fingerprint density at radius 2 is 2.29 bits per heavy atom. The Bertz CT molecular complexity index is 777. The summed E-state index contributed by atoms with van der Waals surface area (Å²) in [6.07, 6.45) is 3.60. The van der Waals surface area contributed by atoms with Crippen molar-refractivity contribution in [2.45, 2.75) is 19.6 Å². The number of rotatable bonds is 3. The van der Waals surface area contributed by atoms with Gasteiger partial charge in [-0.3, -0.25) is 20.6 Å². The van der Waals surface area contributed by atoms with Crippen LogP contribution in [0.25, 0.3) is 11.1 Å². The first-order chi connectivity index (χ1) is 11.7. The number of carbonyl (C=O) groups is 1. The van der Waals surface area contributed by atoms with Crippen molar-refractivity contribution in [1.29, 1.82) is 0 Å². The minimum absolute atomic E-state index is 0.0685. The maximum atomic E-state index is 12.4. The SMILES string of the molecule is CC1NNCC1CNC(=O)c1ccc2c(c1)OCc1cnccc1-2. The van der Waals surface area contributed by atoms with E-state index in [-0.39, 0.29) is 5.91 Å². The largest absolute Gasteiger partial charge is 0.488 e. The maximum absolute atomic E-state index is 12.4. The summed E-state index contributed by atoms with van der Waals surface area (Å²) in [4.78, 5) is 16.6. The first-order valence-electron chi connectivity index (χ1n) is 8.19. The summed E-state index contributed by atoms with van der Waals surface area (Å²) in [5.74, 6) is 1.07. The number of ether oxygens (including phenoxy) is 1. The fraction of sp³-hybridized carbons (Fsp3) is 0.333. The molecule has 2 aliphatic rings. The first-order valence-corrected chi connectivity index (χ1v) is 8.19. The number of hydrogen-bond acceptors (Lipinski definition) is 5. The summed E-state index contributed by atoms with van der Waals surface area (Å²) in [6, 6.07) is 7.95. The second-order valence-corrected chi connectivity index (χ2v) is 6.32. The van der Waals surface area contributed by atoms with Gasteiger partial charge in [-0.1, -0.05) is 0 Å². The molecule has 2 aliphatic heterocycles. The van der Waals surface area contributed by atoms with Crippen LogP contribution in [0.15, 0.2) is 36.7 Å². The summed E-state index contributed by atoms with van der Waals surface area (Å²) in [6.45, 7) is 4.10. The van der Waals surface area contributed by atoms with Crippen molar-refractivity contribution < 1.29 is 9.53 Å². The highest BCUT2D eigenvalue weighted by molar-refractivity contribution is 5.95. The van der Waals surface area contributed by atoms with Crippen LogP contribution in [-0.2, 0) is 6.61 Å². The molecule has 1 amide bonds. The molecule has 24 heavy (non-hydrogen) atoms. The summed E-state index contributed by atoms with van der Waals surface area (Å²) in [5, 5.41) is 3.01. The zero-order chi connectivity index (χ0) is 16.5. The molecule has 0 bridgehead atoms. The minimum atomic E-state index is -0.0685. The lowest BCUT2D eigenvalue weighted by atomic mass is 9.97. The number of carbonyl (C=O) groups excluding carboxylic acids is 1. The highest BCUT2D eigenvalue weighted by Crippen LogP contribution is 2.37. The van der Waals surface area contributed by atoms with Gasteiger partial charge in [0.25, 0.3) is 5.91 Å². The fourth-order valence-corrected chi connectivity index (χ4v) is 3.19. The average Bonchev–Trinajstić information content (AvgIpc) is 3.04. The van der Waals surface area contributed by atoms with Crippen molar-refractivity contribution in [3.05, 3.63) is 47.8 Å². The van der Waals surface area contributed by atoms with Gasteiger partial charge in [-0.25, -0.2) is 0 Å². The molecule has 4 rings (SSSR count). The molecule has 0 spiro atoms. The summed E-state index contributed by atoms with van der Waals surface area (Å²) in [7, 11) is 0. The first kappa shape index (κ1) is 15.1. The fourth-order valence-electron chi connectivity index (χ4n) is 3.19. The number of amides is 1. The molecule has 6 heteroatoms. The topological polar surface area (TPSA) is 75.3 Å². The van der Waals surface area contributed by atoms with Crippen molar-refractivity contribution in [2.24, 2.45) is 5.92 Å². The molecule has 3 N–H and O–H groups in total. The molecule has 2 aromatic rings. The molecule has 1 aromatic carbocycles. The highest BCUT2D eigenvalue weighted by Gasteiger charge is 2.24. The maximum Gasteiger partial charge on any atom is 0.251 e. The van der Waals surface area contributed by atoms with Gasteiger partial charge in [0, 0.05) is 54.1 Å². The van der Waals surface area contributed by atoms with Crippen LogP contribution >= 0.6 is 0 Å². The number of fused-ring (bicyclic) bond motifs is 3. The number of nitrogens with zero attached hydrogens (tertiary/aromatic N) is 1. The van der Waals surface area contributed by atoms with E-state index < -0.39 is 0 Å². The smallest absolute Gasteiger partial charge is 0.251 e. The third-order valence-electron chi connectivity index (χ3n) is 4.75. The molecule has 0 radical (unpaired) electrons. The van der Waals surface area contributed by atoms with Gasteiger partial charge in [0.1, 0.15) is 12.4 Å². The van der Waals surface area contributed by atoms with Gasteiger partial charge in [0.15, 0.2) is 0 Å². The van der Waals surface area contributed by atoms with Crippen LogP contribution in [0.2, 0.25) is 0 Å². The van der Waals surface area contributed by atoms with Gasteiger partial charge in [-0.15, -0.1) is 0 Å². The molecule has 0 saturated carbocycles. The Kier molecular flexibility index (Phi) is 3.92. The lowest BCUT2D eigenvalue weighted by Gasteiger charge is -2.21. The quantitative estimate of drug-likeness (QED) is 0.797. The van der Waals surface area contributed by atoms with Crippen LogP contribution in [0.3, 0.4) is 0 Å². The van der Waals surface area contributed by atoms with E-state index in [0.29, 0.717) is 30.7 Å². The predicted molar refractivity (Wildman–Crippen MR) is 90.4 cm³/mol. The van der Waals surface area contributed by atoms with E-state index in [9.17, 15) is 4.79 Å². The van der Waals surface area contributed by atoms with Crippen LogP contribution in [0, 0.1) is 5.92 Å². The van der Waals surface area contributed by atoms with Crippen LogP contribution in [0.1, 0.15) is 22.8 Å². The van der Waals surface area contributed by atoms with Crippen LogP contribution in [0.4, 0.5) is 0 Å². The van der Waals surface area contributed by atoms with Crippen LogP contribution in [0.5, 0.6) is 5.75 Å². The molecule has 0 aliphatic carbocycles. The second-order valence-electron chi connectivity index (χ2n) is 6.32. The Labute approximate surface area is 140 Å². The van der Waals surface area contributed by atoms with Gasteiger partial charge in [0.2, 0.25) is 0 Å². The number of aromatic nitrogens is 1. The Hall–Kier alpha value is -2.44. The molecule has 2 unspecified atom stereocenters. The third kappa shape index (κ3) is 2.74. The summed E-state index contributed by atoms with van der Waals surface area (Å²) in [5.41, 5.74) is 10.1. The Morgan fingerprint density at radius 1 is 1.38 bits per heavy atom. The molecule has 2 atom stereocenters. The number of pyridine rings is 1. The average molecular weight is 324 g/mol. The van der Waals surface area contributed by atoms with Crippen molar-refractivity contribution in [3.63, 3.8) is 0 Å². The molecule has 3 heterocycles. The molecular formula is C18H20N4O2. The molecule has 124 valence electrons. The Morgan fingerprint density at radius 3 is 3.12 bits per heavy atom. The van der Waals surface area contributed by atoms with E-state index in [1.165, 1.54) is 0 Å². The zero-order valence-corrected chi connectivity index (χ0v) is 13.5. The van der Waals surface area contributed by atoms with Crippen molar-refractivity contribution in [3.8, 4) is 16.9 Å². The van der Waals surface area contributed by atoms with E-state index in [4.69, 9.17) is 4.74 Å². The summed E-state index contributed by atoms with van der Waals surface area (Å²) < 4.78 is 5.80. The van der Waals surface area contributed by atoms with E-state index in [1.807, 2.05) is 30.5 Å². The minimum Gasteiger partial charge on any atom is -0.488 e. The molecule has 1 fully saturated rings. The summed E-state index contributed by atoms with van der Waals surface area (Å²) >= 11 is 0. The predicted octanol–water partition coefficient (Wildman–Crippen LogP) is 1.48. The van der Waals surface area contributed by atoms with Crippen molar-refractivity contribution in [1.82, 2.24) is 21.2 Å². The molecule has 6 nitrogen and oxygen atoms in total. The lowest BCUT2D eigenvalue weighted by Crippen LogP contribution is -2.35. The van der Waals surface area contributed by atoms with Gasteiger partial charge in [-0.05, 0) is 36.8 Å². The molecular weight excluding hydrogens is 304 g/mol. The monoisotopic (exact) mass is 324 g/mol. The molecule has 1 saturated heterocycles. The number of nitrogens with one attached hydrogen (secondary N) is 3. The number of hydrazine groups is 1. The standard InChI is InChI=1S/C18H20N4O2/c1-11-13(9-21-22-11)8-20-18(23)12-2-3-16-15-4-5-19-7-14(15)10-24-17(16)6-12/h2-7,11,13,21-22H,8-10H2,1H3,(H,20,23). The van der Waals surface area contributed by atoms with Crippen molar-refractivity contribution in [2.75, 3.05) is 13.1 Å². The normalized spacial score (nSPS) is 21.5. The number of benzene rings is 1. The van der Waals surface area contributed by atoms with Gasteiger partial charge in [0.05, 0.1) is 0 Å². The van der Waals surface area contributed by atoms with E-state index >= 15 is 0 Å². The van der Waals surface area contributed by atoms with Crippen LogP contribution in [-0.4, -0.2) is 30.0 Å². The lowest BCUT2D eigenvalue weighted by molar-refractivity contribution is 0.0947.